The highest BCUT2D eigenvalue weighted by Gasteiger charge is 2.35. The molecule has 4 aliphatic heterocycles. The van der Waals surface area contributed by atoms with E-state index in [1.54, 1.807) is 0 Å². The zero-order chi connectivity index (χ0) is 35.3. The van der Waals surface area contributed by atoms with Crippen molar-refractivity contribution < 1.29 is 18.4 Å². The third-order valence-electron chi connectivity index (χ3n) is 10.6. The number of pyridine rings is 1. The lowest BCUT2D eigenvalue weighted by atomic mass is 10.0. The second kappa shape index (κ2) is 15.6. The molecule has 0 radical (unpaired) electrons. The molecule has 13 nitrogen and oxygen atoms in total. The molecule has 4 fully saturated rings. The average Bonchev–Trinajstić information content (AvgIpc) is 4.03. The van der Waals surface area contributed by atoms with E-state index in [2.05, 4.69) is 35.8 Å². The molecule has 3 aromatic heterocycles. The maximum Gasteiger partial charge on any atom is 0.299 e. The number of fused-ring (bicyclic) bond motifs is 2. The highest BCUT2D eigenvalue weighted by Crippen LogP contribution is 2.30. The molecular formula is C39H47N9O4. The van der Waals surface area contributed by atoms with E-state index >= 15 is 0 Å². The van der Waals surface area contributed by atoms with E-state index in [1.165, 1.54) is 0 Å². The summed E-state index contributed by atoms with van der Waals surface area (Å²) in [7, 11) is 0. The zero-order valence-electron chi connectivity index (χ0n) is 29.5. The van der Waals surface area contributed by atoms with Crippen molar-refractivity contribution in [1.29, 1.82) is 0 Å². The maximum atomic E-state index is 13.1. The number of carbonyl (C=O) groups is 2. The predicted molar refractivity (Wildman–Crippen MR) is 200 cm³/mol. The molecule has 2 aromatic carbocycles. The summed E-state index contributed by atoms with van der Waals surface area (Å²) in [4.78, 5) is 45.7. The lowest BCUT2D eigenvalue weighted by Crippen LogP contribution is -2.52. The molecule has 9 rings (SSSR count). The SMILES string of the molecule is O=C(N[C@H]1CCN(c2ccccn2)C1)[C@@H]1CCCCN1c1nc2ccccc2o1.O=C(N[C@H]1CCNC1)[C@@H]1CCCCN1c1nc2ccccc2o1. The number of aromatic nitrogens is 3. The van der Waals surface area contributed by atoms with E-state index < -0.39 is 0 Å². The van der Waals surface area contributed by atoms with Crippen LogP contribution in [0, 0.1) is 0 Å². The van der Waals surface area contributed by atoms with Crippen molar-refractivity contribution in [1.82, 2.24) is 30.9 Å². The van der Waals surface area contributed by atoms with Crippen LogP contribution in [-0.2, 0) is 9.59 Å². The Balaban J connectivity index is 0.000000153. The molecule has 0 aliphatic carbocycles. The largest absolute Gasteiger partial charge is 0.423 e. The molecule has 4 saturated heterocycles. The van der Waals surface area contributed by atoms with Gasteiger partial charge in [0, 0.05) is 51.0 Å². The van der Waals surface area contributed by atoms with Crippen LogP contribution in [0.5, 0.6) is 0 Å². The summed E-state index contributed by atoms with van der Waals surface area (Å²) in [5.41, 5.74) is 3.20. The first-order chi connectivity index (χ1) is 25.6. The minimum atomic E-state index is -0.235. The number of hydrogen-bond donors (Lipinski definition) is 3. The second-order valence-electron chi connectivity index (χ2n) is 14.2. The van der Waals surface area contributed by atoms with Crippen LogP contribution in [0.15, 0.2) is 81.8 Å². The molecule has 4 aliphatic rings. The van der Waals surface area contributed by atoms with Gasteiger partial charge >= 0.3 is 0 Å². The Morgan fingerprint density at radius 3 is 1.83 bits per heavy atom. The summed E-state index contributed by atoms with van der Waals surface area (Å²) < 4.78 is 11.8. The number of benzene rings is 2. The van der Waals surface area contributed by atoms with Crippen molar-refractivity contribution in [3.63, 3.8) is 0 Å². The molecule has 3 N–H and O–H groups in total. The molecule has 52 heavy (non-hydrogen) atoms. The minimum absolute atomic E-state index is 0.0693. The van der Waals surface area contributed by atoms with Gasteiger partial charge in [-0.1, -0.05) is 30.3 Å². The zero-order valence-corrected chi connectivity index (χ0v) is 29.5. The molecule has 0 spiro atoms. The van der Waals surface area contributed by atoms with Gasteiger partial charge in [-0.3, -0.25) is 9.59 Å². The van der Waals surface area contributed by atoms with Crippen LogP contribution in [0.25, 0.3) is 22.2 Å². The van der Waals surface area contributed by atoms with Gasteiger partial charge in [0.2, 0.25) is 11.8 Å². The number of nitrogens with one attached hydrogen (secondary N) is 3. The Morgan fingerprint density at radius 1 is 0.673 bits per heavy atom. The number of piperidine rings is 2. The monoisotopic (exact) mass is 705 g/mol. The van der Waals surface area contributed by atoms with Crippen molar-refractivity contribution >= 4 is 51.9 Å². The fourth-order valence-electron chi connectivity index (χ4n) is 7.83. The number of nitrogens with zero attached hydrogens (tertiary/aromatic N) is 6. The number of oxazole rings is 2. The first-order valence-corrected chi connectivity index (χ1v) is 18.8. The Labute approximate surface area is 303 Å². The normalized spacial score (nSPS) is 23.4. The van der Waals surface area contributed by atoms with Gasteiger partial charge < -0.3 is 39.5 Å². The lowest BCUT2D eigenvalue weighted by molar-refractivity contribution is -0.124. The van der Waals surface area contributed by atoms with Gasteiger partial charge in [-0.2, -0.15) is 9.97 Å². The lowest BCUT2D eigenvalue weighted by Gasteiger charge is -2.34. The minimum Gasteiger partial charge on any atom is -0.423 e. The Morgan fingerprint density at radius 2 is 1.27 bits per heavy atom. The Bertz CT molecular complexity index is 1890. The summed E-state index contributed by atoms with van der Waals surface area (Å²) in [6, 6.07) is 22.5. The van der Waals surface area contributed by atoms with Gasteiger partial charge in [-0.05, 0) is 94.3 Å². The predicted octanol–water partition coefficient (Wildman–Crippen LogP) is 4.64. The third-order valence-corrected chi connectivity index (χ3v) is 10.6. The first kappa shape index (κ1) is 33.9. The first-order valence-electron chi connectivity index (χ1n) is 18.8. The summed E-state index contributed by atoms with van der Waals surface area (Å²) in [6.07, 6.45) is 9.62. The van der Waals surface area contributed by atoms with E-state index in [0.29, 0.717) is 12.0 Å². The van der Waals surface area contributed by atoms with E-state index in [-0.39, 0.29) is 36.0 Å². The summed E-state index contributed by atoms with van der Waals surface area (Å²) in [6.45, 7) is 5.13. The van der Waals surface area contributed by atoms with Crippen LogP contribution in [-0.4, -0.2) is 90.2 Å². The van der Waals surface area contributed by atoms with Gasteiger partial charge in [-0.15, -0.1) is 0 Å². The van der Waals surface area contributed by atoms with Gasteiger partial charge in [0.05, 0.1) is 0 Å². The fraction of sp³-hybridized carbons (Fsp3) is 0.462. The van der Waals surface area contributed by atoms with E-state index in [4.69, 9.17) is 8.83 Å². The molecule has 0 saturated carbocycles. The topological polar surface area (TPSA) is 145 Å². The molecular weight excluding hydrogens is 658 g/mol. The summed E-state index contributed by atoms with van der Waals surface area (Å²) in [5.74, 6) is 1.13. The summed E-state index contributed by atoms with van der Waals surface area (Å²) >= 11 is 0. The molecule has 0 unspecified atom stereocenters. The fourth-order valence-corrected chi connectivity index (χ4v) is 7.83. The van der Waals surface area contributed by atoms with E-state index in [1.807, 2.05) is 82.7 Å². The van der Waals surface area contributed by atoms with Gasteiger partial charge in [-0.25, -0.2) is 4.98 Å². The molecule has 5 aromatic rings. The van der Waals surface area contributed by atoms with Crippen molar-refractivity contribution in [3.05, 3.63) is 72.9 Å². The third kappa shape index (κ3) is 7.55. The number of rotatable bonds is 7. The van der Waals surface area contributed by atoms with Crippen LogP contribution < -0.4 is 30.7 Å². The van der Waals surface area contributed by atoms with Crippen LogP contribution >= 0.6 is 0 Å². The van der Waals surface area contributed by atoms with Crippen molar-refractivity contribution in [2.45, 2.75) is 75.5 Å². The summed E-state index contributed by atoms with van der Waals surface area (Å²) in [5, 5.41) is 9.71. The highest BCUT2D eigenvalue weighted by atomic mass is 16.4. The quantitative estimate of drug-likeness (QED) is 0.218. The van der Waals surface area contributed by atoms with Crippen LogP contribution in [0.3, 0.4) is 0 Å². The molecule has 0 bridgehead atoms. The smallest absolute Gasteiger partial charge is 0.299 e. The van der Waals surface area contributed by atoms with Crippen molar-refractivity contribution in [2.24, 2.45) is 0 Å². The average molecular weight is 706 g/mol. The number of para-hydroxylation sites is 4. The van der Waals surface area contributed by atoms with Gasteiger partial charge in [0.25, 0.3) is 12.0 Å². The maximum absolute atomic E-state index is 13.1. The Hall–Kier alpha value is -5.17. The molecule has 2 amide bonds. The van der Waals surface area contributed by atoms with Gasteiger partial charge in [0.1, 0.15) is 28.9 Å². The van der Waals surface area contributed by atoms with Crippen molar-refractivity contribution in [3.8, 4) is 0 Å². The number of carbonyl (C=O) groups excluding carboxylic acids is 2. The van der Waals surface area contributed by atoms with Crippen molar-refractivity contribution in [2.75, 3.05) is 54.0 Å². The number of hydrogen-bond acceptors (Lipinski definition) is 11. The van der Waals surface area contributed by atoms with Crippen LogP contribution in [0.2, 0.25) is 0 Å². The van der Waals surface area contributed by atoms with Crippen LogP contribution in [0.1, 0.15) is 51.4 Å². The molecule has 4 atom stereocenters. The van der Waals surface area contributed by atoms with E-state index in [9.17, 15) is 9.59 Å². The van der Waals surface area contributed by atoms with Gasteiger partial charge in [0.15, 0.2) is 11.2 Å². The van der Waals surface area contributed by atoms with Crippen LogP contribution in [0.4, 0.5) is 17.8 Å². The molecule has 7 heterocycles. The second-order valence-corrected chi connectivity index (χ2v) is 14.2. The highest BCUT2D eigenvalue weighted by molar-refractivity contribution is 5.86. The Kier molecular flexibility index (Phi) is 10.2. The number of anilines is 3. The van der Waals surface area contributed by atoms with E-state index in [0.717, 1.165) is 119 Å². The molecule has 272 valence electrons. The number of amides is 2. The molecule has 13 heteroatoms. The standard InChI is InChI=1S/C22H25N5O2.C17H22N4O2/c28-21(24-16-11-14-26(15-16)20-10-3-5-12-23-20)18-8-4-6-13-27(18)22-25-17-7-1-2-9-19(17)29-22;22-16(19-12-8-9-18-11-12)14-6-3-4-10-21(14)17-20-13-5-1-2-7-15(13)23-17/h1-3,5,7,9-10,12,16,18H,4,6,8,11,13-15H2,(H,24,28);1-2,5,7,12,14,18H,3-4,6,8-11H2,(H,19,22)/t16-,18-;12-,14-/m00/s1.